The van der Waals surface area contributed by atoms with Crippen LogP contribution in [-0.2, 0) is 6.54 Å². The van der Waals surface area contributed by atoms with E-state index in [-0.39, 0.29) is 11.7 Å². The van der Waals surface area contributed by atoms with Gasteiger partial charge in [-0.3, -0.25) is 9.59 Å². The van der Waals surface area contributed by atoms with Crippen LogP contribution in [0.4, 0.5) is 0 Å². The Kier molecular flexibility index (Phi) is 6.24. The highest BCUT2D eigenvalue weighted by Gasteiger charge is 2.25. The number of hydrogen-bond acceptors (Lipinski definition) is 3. The summed E-state index contributed by atoms with van der Waals surface area (Å²) in [5.41, 5.74) is 2.52. The molecule has 0 spiro atoms. The Labute approximate surface area is 160 Å². The average molecular weight is 367 g/mol. The van der Waals surface area contributed by atoms with E-state index in [1.54, 1.807) is 6.92 Å². The van der Waals surface area contributed by atoms with E-state index < -0.39 is 0 Å². The smallest absolute Gasteiger partial charge is 0.254 e. The number of ether oxygens (including phenoxy) is 1. The van der Waals surface area contributed by atoms with E-state index >= 15 is 0 Å². The third kappa shape index (κ3) is 4.74. The van der Waals surface area contributed by atoms with Gasteiger partial charge in [-0.05, 0) is 44.2 Å². The molecule has 2 aromatic carbocycles. The number of carbonyl (C=O) groups excluding carboxylic acids is 2. The lowest BCUT2D eigenvalue weighted by Crippen LogP contribution is -3.13. The molecule has 1 saturated heterocycles. The van der Waals surface area contributed by atoms with Crippen molar-refractivity contribution in [2.75, 3.05) is 32.8 Å². The highest BCUT2D eigenvalue weighted by molar-refractivity contribution is 5.94. The van der Waals surface area contributed by atoms with Crippen LogP contribution in [0, 0.1) is 0 Å². The second-order valence-electron chi connectivity index (χ2n) is 6.90. The minimum Gasteiger partial charge on any atom is -0.493 e. The minimum atomic E-state index is 0.0626. The van der Waals surface area contributed by atoms with Crippen LogP contribution in [0.2, 0.25) is 0 Å². The van der Waals surface area contributed by atoms with Crippen LogP contribution in [0.15, 0.2) is 48.5 Å². The largest absolute Gasteiger partial charge is 0.493 e. The van der Waals surface area contributed by atoms with Crippen LogP contribution < -0.4 is 9.64 Å². The third-order valence-corrected chi connectivity index (χ3v) is 4.99. The highest BCUT2D eigenvalue weighted by atomic mass is 16.5. The Morgan fingerprint density at radius 3 is 2.37 bits per heavy atom. The first-order valence-corrected chi connectivity index (χ1v) is 9.53. The van der Waals surface area contributed by atoms with Crippen molar-refractivity contribution in [2.24, 2.45) is 0 Å². The number of rotatable bonds is 6. The van der Waals surface area contributed by atoms with Crippen LogP contribution in [-0.4, -0.2) is 49.4 Å². The van der Waals surface area contributed by atoms with Crippen molar-refractivity contribution in [3.63, 3.8) is 0 Å². The van der Waals surface area contributed by atoms with Gasteiger partial charge in [0.1, 0.15) is 12.3 Å². The molecule has 0 aliphatic carbocycles. The van der Waals surface area contributed by atoms with Crippen molar-refractivity contribution in [3.8, 4) is 5.75 Å². The number of benzene rings is 2. The second-order valence-corrected chi connectivity index (χ2v) is 6.90. The number of nitrogens with one attached hydrogen (secondary N) is 1. The monoisotopic (exact) mass is 367 g/mol. The summed E-state index contributed by atoms with van der Waals surface area (Å²) >= 11 is 0. The molecular formula is C22H27N2O3+. The average Bonchev–Trinajstić information content (AvgIpc) is 2.70. The lowest BCUT2D eigenvalue weighted by atomic mass is 10.1. The van der Waals surface area contributed by atoms with Crippen LogP contribution in [0.5, 0.6) is 5.75 Å². The fourth-order valence-corrected chi connectivity index (χ4v) is 3.47. The van der Waals surface area contributed by atoms with Crippen molar-refractivity contribution in [2.45, 2.75) is 20.4 Å². The van der Waals surface area contributed by atoms with Gasteiger partial charge in [-0.25, -0.2) is 0 Å². The molecule has 0 saturated carbocycles. The van der Waals surface area contributed by atoms with Crippen molar-refractivity contribution in [1.29, 1.82) is 0 Å². The molecule has 0 radical (unpaired) electrons. The molecule has 5 nitrogen and oxygen atoms in total. The van der Waals surface area contributed by atoms with E-state index in [1.807, 2.05) is 60.4 Å². The summed E-state index contributed by atoms with van der Waals surface area (Å²) in [6.45, 7) is 8.18. The minimum absolute atomic E-state index is 0.0626. The molecule has 3 rings (SSSR count). The second kappa shape index (κ2) is 8.82. The van der Waals surface area contributed by atoms with Gasteiger partial charge in [-0.15, -0.1) is 0 Å². The summed E-state index contributed by atoms with van der Waals surface area (Å²) in [6.07, 6.45) is 0. The Morgan fingerprint density at radius 1 is 1.04 bits per heavy atom. The normalized spacial score (nSPS) is 14.8. The Bertz CT molecular complexity index is 796. The van der Waals surface area contributed by atoms with Crippen LogP contribution in [0.1, 0.15) is 40.1 Å². The molecular weight excluding hydrogens is 340 g/mol. The van der Waals surface area contributed by atoms with Gasteiger partial charge in [0, 0.05) is 16.7 Å². The maximum atomic E-state index is 12.6. The van der Waals surface area contributed by atoms with E-state index in [0.717, 1.165) is 49.6 Å². The maximum Gasteiger partial charge on any atom is 0.254 e. The van der Waals surface area contributed by atoms with Gasteiger partial charge in [0.25, 0.3) is 5.91 Å². The van der Waals surface area contributed by atoms with Gasteiger partial charge >= 0.3 is 0 Å². The summed E-state index contributed by atoms with van der Waals surface area (Å²) < 4.78 is 5.74. The number of piperazine rings is 1. The first-order chi connectivity index (χ1) is 13.1. The van der Waals surface area contributed by atoms with Crippen molar-refractivity contribution in [1.82, 2.24) is 4.90 Å². The summed E-state index contributed by atoms with van der Waals surface area (Å²) in [6, 6.07) is 15.1. The quantitative estimate of drug-likeness (QED) is 0.793. The van der Waals surface area contributed by atoms with E-state index in [9.17, 15) is 9.59 Å². The number of ketones is 1. The molecule has 1 aliphatic heterocycles. The molecule has 1 heterocycles. The SMILES string of the molecule is CCOc1ccc(C(C)=O)cc1C[NH+]1CCN(C(=O)c2ccccc2)CC1. The number of quaternary nitrogens is 1. The summed E-state index contributed by atoms with van der Waals surface area (Å²) in [5.74, 6) is 1.01. The van der Waals surface area contributed by atoms with E-state index in [2.05, 4.69) is 0 Å². The number of carbonyl (C=O) groups is 2. The van der Waals surface area contributed by atoms with Crippen molar-refractivity contribution < 1.29 is 19.2 Å². The fraction of sp³-hybridized carbons (Fsp3) is 0.364. The molecule has 1 fully saturated rings. The maximum absolute atomic E-state index is 12.6. The highest BCUT2D eigenvalue weighted by Crippen LogP contribution is 2.20. The Hall–Kier alpha value is -2.66. The topological polar surface area (TPSA) is 51.1 Å². The fourth-order valence-electron chi connectivity index (χ4n) is 3.47. The molecule has 0 aromatic heterocycles. The molecule has 2 aromatic rings. The van der Waals surface area contributed by atoms with Gasteiger partial charge in [-0.1, -0.05) is 18.2 Å². The molecule has 0 bridgehead atoms. The van der Waals surface area contributed by atoms with Crippen LogP contribution in [0.3, 0.4) is 0 Å². The lowest BCUT2D eigenvalue weighted by molar-refractivity contribution is -0.917. The van der Waals surface area contributed by atoms with Crippen molar-refractivity contribution >= 4 is 11.7 Å². The Morgan fingerprint density at radius 2 is 1.74 bits per heavy atom. The summed E-state index contributed by atoms with van der Waals surface area (Å²) in [4.78, 5) is 27.6. The van der Waals surface area contributed by atoms with Gasteiger partial charge < -0.3 is 14.5 Å². The number of Topliss-reactive ketones (excluding diaryl/α,β-unsaturated/α-hetero) is 1. The number of hydrogen-bond donors (Lipinski definition) is 1. The van der Waals surface area contributed by atoms with Crippen molar-refractivity contribution in [3.05, 3.63) is 65.2 Å². The van der Waals surface area contributed by atoms with E-state index in [0.29, 0.717) is 12.2 Å². The Balaban J connectivity index is 1.64. The van der Waals surface area contributed by atoms with E-state index in [1.165, 1.54) is 4.90 Å². The lowest BCUT2D eigenvalue weighted by Gasteiger charge is -2.32. The number of nitrogens with zero attached hydrogens (tertiary/aromatic N) is 1. The molecule has 0 unspecified atom stereocenters. The summed E-state index contributed by atoms with van der Waals surface area (Å²) in [5, 5.41) is 0. The third-order valence-electron chi connectivity index (χ3n) is 4.99. The molecule has 5 heteroatoms. The van der Waals surface area contributed by atoms with E-state index in [4.69, 9.17) is 4.74 Å². The summed E-state index contributed by atoms with van der Waals surface area (Å²) in [7, 11) is 0. The van der Waals surface area contributed by atoms with Gasteiger partial charge in [-0.2, -0.15) is 0 Å². The molecule has 1 aliphatic rings. The first kappa shape index (κ1) is 19.1. The van der Waals surface area contributed by atoms with Gasteiger partial charge in [0.05, 0.1) is 32.8 Å². The standard InChI is InChI=1S/C22H26N2O3/c1-3-27-21-10-9-19(17(2)25)15-20(21)16-23-11-13-24(14-12-23)22(26)18-7-5-4-6-8-18/h4-10,15H,3,11-14,16H2,1-2H3/p+1. The van der Waals surface area contributed by atoms with Gasteiger partial charge in [0.2, 0.25) is 0 Å². The van der Waals surface area contributed by atoms with Crippen LogP contribution >= 0.6 is 0 Å². The zero-order chi connectivity index (χ0) is 19.2. The van der Waals surface area contributed by atoms with Crippen LogP contribution in [0.25, 0.3) is 0 Å². The predicted molar refractivity (Wildman–Crippen MR) is 104 cm³/mol. The molecule has 1 amide bonds. The molecule has 1 N–H and O–H groups in total. The van der Waals surface area contributed by atoms with Gasteiger partial charge in [0.15, 0.2) is 5.78 Å². The first-order valence-electron chi connectivity index (χ1n) is 9.53. The number of amides is 1. The molecule has 0 atom stereocenters. The predicted octanol–water partition coefficient (Wildman–Crippen LogP) is 1.83. The zero-order valence-corrected chi connectivity index (χ0v) is 16.0. The molecule has 27 heavy (non-hydrogen) atoms. The zero-order valence-electron chi connectivity index (χ0n) is 16.0. The molecule has 142 valence electrons.